The largest absolute Gasteiger partial charge is 0.481 e. The van der Waals surface area contributed by atoms with E-state index in [2.05, 4.69) is 58.3 Å². The molecule has 1 saturated heterocycles. The van der Waals surface area contributed by atoms with Gasteiger partial charge in [0.1, 0.15) is 6.10 Å². The van der Waals surface area contributed by atoms with Gasteiger partial charge < -0.3 is 20.1 Å². The maximum Gasteiger partial charge on any atom is 0.306 e. The zero-order chi connectivity index (χ0) is 36.3. The van der Waals surface area contributed by atoms with Crippen LogP contribution in [0, 0.1) is 62.1 Å². The van der Waals surface area contributed by atoms with Crippen molar-refractivity contribution in [3.63, 3.8) is 0 Å². The third kappa shape index (κ3) is 6.55. The van der Waals surface area contributed by atoms with Crippen molar-refractivity contribution < 1.29 is 19.4 Å². The van der Waals surface area contributed by atoms with Gasteiger partial charge in [-0.15, -0.1) is 0 Å². The van der Waals surface area contributed by atoms with Crippen LogP contribution in [-0.2, 0) is 14.3 Å². The molecule has 0 aromatic rings. The van der Waals surface area contributed by atoms with Crippen LogP contribution in [0.25, 0.3) is 0 Å². The number of likely N-dealkylation sites (tertiary alicyclic amines) is 1. The molecule has 50 heavy (non-hydrogen) atoms. The molecule has 0 aromatic heterocycles. The number of ether oxygens (including phenoxy) is 1. The lowest BCUT2D eigenvalue weighted by atomic mass is 9.32. The summed E-state index contributed by atoms with van der Waals surface area (Å²) in [4.78, 5) is 27.3. The summed E-state index contributed by atoms with van der Waals surface area (Å²) in [5.74, 6) is 2.24. The Labute approximate surface area is 305 Å². The van der Waals surface area contributed by atoms with E-state index in [0.717, 1.165) is 31.2 Å². The highest BCUT2D eigenvalue weighted by Crippen LogP contribution is 2.77. The van der Waals surface area contributed by atoms with E-state index >= 15 is 0 Å². The minimum Gasteiger partial charge on any atom is -0.481 e. The molecule has 6 aliphatic rings. The number of hydrogen-bond donors (Lipinski definition) is 2. The second-order valence-corrected chi connectivity index (χ2v) is 20.9. The first-order valence-electron chi connectivity index (χ1n) is 20.9. The summed E-state index contributed by atoms with van der Waals surface area (Å²) in [6.07, 6.45) is 16.6. The zero-order valence-corrected chi connectivity index (χ0v) is 33.4. The van der Waals surface area contributed by atoms with Gasteiger partial charge in [-0.2, -0.15) is 0 Å². The Balaban J connectivity index is 1.17. The number of carbonyl (C=O) groups is 2. The van der Waals surface area contributed by atoms with Crippen LogP contribution >= 0.6 is 0 Å². The van der Waals surface area contributed by atoms with Gasteiger partial charge in [0.25, 0.3) is 0 Å². The van der Waals surface area contributed by atoms with Crippen LogP contribution in [0.1, 0.15) is 152 Å². The smallest absolute Gasteiger partial charge is 0.306 e. The molecule has 10 atom stereocenters. The number of nitrogens with zero attached hydrogens (tertiary/aromatic N) is 1. The number of esters is 1. The Morgan fingerprint density at radius 1 is 0.880 bits per heavy atom. The predicted octanol–water partition coefficient (Wildman–Crippen LogP) is 9.52. The van der Waals surface area contributed by atoms with Crippen molar-refractivity contribution in [2.45, 2.75) is 158 Å². The topological polar surface area (TPSA) is 78.9 Å². The van der Waals surface area contributed by atoms with E-state index in [0.29, 0.717) is 34.0 Å². The lowest BCUT2D eigenvalue weighted by Gasteiger charge is -2.73. The first-order valence-corrected chi connectivity index (χ1v) is 20.9. The van der Waals surface area contributed by atoms with Gasteiger partial charge in [-0.25, -0.2) is 0 Å². The number of carboxylic acid groups (broad SMARTS) is 1. The molecule has 2 N–H and O–H groups in total. The Morgan fingerprint density at radius 3 is 2.28 bits per heavy atom. The maximum absolute atomic E-state index is 13.2. The molecule has 0 bridgehead atoms. The number of fused-ring (bicyclic) bond motifs is 7. The van der Waals surface area contributed by atoms with Crippen LogP contribution in [0.15, 0.2) is 12.2 Å². The number of carboxylic acids is 1. The van der Waals surface area contributed by atoms with Crippen LogP contribution < -0.4 is 5.32 Å². The normalized spacial score (nSPS) is 42.6. The van der Waals surface area contributed by atoms with Crippen molar-refractivity contribution in [2.75, 3.05) is 32.7 Å². The fourth-order valence-electron chi connectivity index (χ4n) is 14.6. The summed E-state index contributed by atoms with van der Waals surface area (Å²) >= 11 is 0. The molecular formula is C44H74N2O4. The van der Waals surface area contributed by atoms with E-state index in [1.165, 1.54) is 102 Å². The van der Waals surface area contributed by atoms with Gasteiger partial charge in [0, 0.05) is 12.0 Å². The highest BCUT2D eigenvalue weighted by molar-refractivity contribution is 5.73. The highest BCUT2D eigenvalue weighted by Gasteiger charge is 2.71. The SMILES string of the molecule is C=C(C)[C@@H]1CC[C@]2(CNCCCN3CCCC3)CC[C@]3(C)[C@H](CC[C@@H]4[C@@]5(C)CC[C@H](OC(=O)CC(C)(C)CC(=O)O)C(C)(C)[C@@H]5CC[C@]43C)[C@@H]12. The number of rotatable bonds is 12. The summed E-state index contributed by atoms with van der Waals surface area (Å²) in [5.41, 5.74) is 1.98. The van der Waals surface area contributed by atoms with E-state index in [4.69, 9.17) is 4.74 Å². The molecule has 0 aromatic carbocycles. The summed E-state index contributed by atoms with van der Waals surface area (Å²) in [6.45, 7) is 29.7. The van der Waals surface area contributed by atoms with Gasteiger partial charge in [-0.05, 0) is 173 Å². The van der Waals surface area contributed by atoms with Crippen molar-refractivity contribution in [3.05, 3.63) is 12.2 Å². The third-order valence-electron chi connectivity index (χ3n) is 17.2. The van der Waals surface area contributed by atoms with Crippen LogP contribution in [0.4, 0.5) is 0 Å². The maximum atomic E-state index is 13.2. The fraction of sp³-hybridized carbons (Fsp3) is 0.909. The van der Waals surface area contributed by atoms with Crippen molar-refractivity contribution >= 4 is 11.9 Å². The molecule has 6 nitrogen and oxygen atoms in total. The van der Waals surface area contributed by atoms with Crippen molar-refractivity contribution in [3.8, 4) is 0 Å². The molecule has 6 heteroatoms. The molecule has 1 aliphatic heterocycles. The Bertz CT molecular complexity index is 1290. The molecule has 0 spiro atoms. The number of hydrogen-bond acceptors (Lipinski definition) is 5. The van der Waals surface area contributed by atoms with E-state index in [1.54, 1.807) is 0 Å². The summed E-state index contributed by atoms with van der Waals surface area (Å²) < 4.78 is 6.30. The van der Waals surface area contributed by atoms with E-state index in [9.17, 15) is 14.7 Å². The molecular weight excluding hydrogens is 620 g/mol. The van der Waals surface area contributed by atoms with Crippen LogP contribution in [0.3, 0.4) is 0 Å². The molecule has 284 valence electrons. The molecule has 0 unspecified atom stereocenters. The second kappa shape index (κ2) is 13.8. The first kappa shape index (κ1) is 38.3. The fourth-order valence-corrected chi connectivity index (χ4v) is 14.6. The molecule has 5 saturated carbocycles. The Kier molecular flexibility index (Phi) is 10.6. The van der Waals surface area contributed by atoms with Gasteiger partial charge >= 0.3 is 11.9 Å². The van der Waals surface area contributed by atoms with Crippen LogP contribution in [0.5, 0.6) is 0 Å². The highest BCUT2D eigenvalue weighted by atomic mass is 16.5. The van der Waals surface area contributed by atoms with Crippen LogP contribution in [0.2, 0.25) is 0 Å². The average molecular weight is 695 g/mol. The van der Waals surface area contributed by atoms with Gasteiger partial charge in [0.2, 0.25) is 0 Å². The lowest BCUT2D eigenvalue weighted by Crippen LogP contribution is -2.67. The standard InChI is InChI=1S/C44H74N2O4/c1-30(2)31-15-20-44(29-45-23-12-26-46-24-10-11-25-46)22-21-42(8)32(38(31)44)13-14-34-41(7)18-17-35(40(5,6)33(41)16-19-43(34,42)9)50-37(49)28-39(3,4)27-36(47)48/h31-35,38,45H,1,10-29H2,2-9H3,(H,47,48)/t31-,32+,33-,34+,35-,38+,41-,42+,43+,44+/m0/s1. The van der Waals surface area contributed by atoms with Gasteiger partial charge in [0.15, 0.2) is 0 Å². The van der Waals surface area contributed by atoms with E-state index in [1.807, 2.05) is 13.8 Å². The second-order valence-electron chi connectivity index (χ2n) is 20.9. The number of allylic oxidation sites excluding steroid dienone is 1. The molecule has 1 heterocycles. The zero-order valence-electron chi connectivity index (χ0n) is 33.4. The van der Waals surface area contributed by atoms with Gasteiger partial charge in [-0.3, -0.25) is 9.59 Å². The third-order valence-corrected chi connectivity index (χ3v) is 17.2. The molecule has 6 rings (SSSR count). The predicted molar refractivity (Wildman–Crippen MR) is 203 cm³/mol. The molecule has 6 fully saturated rings. The van der Waals surface area contributed by atoms with Crippen LogP contribution in [-0.4, -0.2) is 60.8 Å². The van der Waals surface area contributed by atoms with Gasteiger partial charge in [-0.1, -0.05) is 60.6 Å². The minimum atomic E-state index is -0.864. The molecule has 5 aliphatic carbocycles. The average Bonchev–Trinajstić information content (AvgIpc) is 3.66. The number of carbonyl (C=O) groups excluding carboxylic acids is 1. The minimum absolute atomic E-state index is 0.0264. The Hall–Kier alpha value is -1.40. The quantitative estimate of drug-likeness (QED) is 0.120. The summed E-state index contributed by atoms with van der Waals surface area (Å²) in [5, 5.41) is 13.4. The monoisotopic (exact) mass is 695 g/mol. The summed E-state index contributed by atoms with van der Waals surface area (Å²) in [7, 11) is 0. The first-order chi connectivity index (χ1) is 23.4. The van der Waals surface area contributed by atoms with Crippen molar-refractivity contribution in [1.82, 2.24) is 10.2 Å². The lowest BCUT2D eigenvalue weighted by molar-refractivity contribution is -0.250. The van der Waals surface area contributed by atoms with Crippen molar-refractivity contribution in [2.24, 2.45) is 62.1 Å². The number of nitrogens with one attached hydrogen (secondary N) is 1. The summed E-state index contributed by atoms with van der Waals surface area (Å²) in [6, 6.07) is 0. The Morgan fingerprint density at radius 2 is 1.60 bits per heavy atom. The molecule has 0 amide bonds. The van der Waals surface area contributed by atoms with E-state index in [-0.39, 0.29) is 35.7 Å². The van der Waals surface area contributed by atoms with E-state index < -0.39 is 11.4 Å². The molecule has 0 radical (unpaired) electrons. The van der Waals surface area contributed by atoms with Crippen molar-refractivity contribution in [1.29, 1.82) is 0 Å². The number of aliphatic carboxylic acids is 1. The van der Waals surface area contributed by atoms with Gasteiger partial charge in [0.05, 0.1) is 12.8 Å².